The fraction of sp³-hybridized carbons (Fsp3) is 0.577. The van der Waals surface area contributed by atoms with Crippen molar-refractivity contribution < 1.29 is 82.4 Å². The number of carboxylic acid groups (broad SMARTS) is 1. The molecule has 5 aliphatic rings. The molecule has 0 unspecified atom stereocenters. The third kappa shape index (κ3) is 23.2. The zero-order chi connectivity index (χ0) is 78.6. The number of amides is 7. The molecule has 0 radical (unpaired) electrons. The normalized spacial score (nSPS) is 19.5. The van der Waals surface area contributed by atoms with E-state index in [-0.39, 0.29) is 118 Å². The summed E-state index contributed by atoms with van der Waals surface area (Å²) in [5.41, 5.74) is 19.9. The van der Waals surface area contributed by atoms with Crippen LogP contribution < -0.4 is 43.4 Å². The first kappa shape index (κ1) is 86.5. The number of allylic oxidation sites excluding steroid dienone is 8. The quantitative estimate of drug-likeness (QED) is 0.00867. The largest absolute Gasteiger partial charge is 0.480 e. The Bertz CT molecular complexity index is 4140. The summed E-state index contributed by atoms with van der Waals surface area (Å²) in [5.74, 6) is -4.19. The molecule has 590 valence electrons. The zero-order valence-corrected chi connectivity index (χ0v) is 65.7. The fourth-order valence-electron chi connectivity index (χ4n) is 14.1. The molecular formula is C71H105N14O17S5+. The minimum absolute atomic E-state index is 0.0487. The number of nitrogens with one attached hydrogen (secondary N) is 4. The van der Waals surface area contributed by atoms with Crippen molar-refractivity contribution in [1.82, 2.24) is 40.3 Å². The lowest BCUT2D eigenvalue weighted by molar-refractivity contribution is -0.437. The number of hydrogen-bond acceptors (Lipinski definition) is 19. The molecule has 107 heavy (non-hydrogen) atoms. The van der Waals surface area contributed by atoms with Gasteiger partial charge in [0.15, 0.2) is 11.7 Å². The van der Waals surface area contributed by atoms with Gasteiger partial charge in [-0.15, -0.1) is 0 Å². The number of fused-ring (bicyclic) bond motifs is 2. The number of nitrogens with two attached hydrogens (primary N) is 3. The SMILES string of the molecule is CCC[N+]1=C(/C=C/C=C/C=C/C=C2/N(CCCS(=O)(=O)O)c3ccc(S(=O)(=O)O)cc3C2(C)C)C(C)(C)c2cc(S(=O)(=O)N(C)CCCC(=O)NCCCSSC[C@H](NC(=O)CCCNC(=O)[C@@H]3CCCN3C(=O)[C@@H]3CCCN3C(=O)[C@H](CCCN=C(N)N)NC(=O)[C@@H]3CCCN3C(=O)CN)C(=O)O)ccc21. The van der Waals surface area contributed by atoms with E-state index in [1.54, 1.807) is 24.3 Å². The molecule has 7 rings (SSSR count). The molecule has 2 aromatic carbocycles. The second kappa shape index (κ2) is 39.1. The number of hydrogen-bond donors (Lipinski definition) is 10. The Kier molecular flexibility index (Phi) is 31.6. The number of carbonyl (C=O) groups excluding carboxylic acids is 7. The van der Waals surface area contributed by atoms with Gasteiger partial charge in [-0.05, 0) is 133 Å². The molecular weight excluding hydrogens is 1480 g/mol. The van der Waals surface area contributed by atoms with Crippen molar-refractivity contribution in [2.24, 2.45) is 22.2 Å². The van der Waals surface area contributed by atoms with Crippen molar-refractivity contribution in [2.75, 3.05) is 94.7 Å². The molecule has 0 saturated carbocycles. The topological polar surface area (TPSA) is 457 Å². The average Bonchev–Trinajstić information content (AvgIpc) is 1.58. The minimum atomic E-state index is -4.50. The van der Waals surface area contributed by atoms with Gasteiger partial charge in [0.2, 0.25) is 57.1 Å². The Morgan fingerprint density at radius 1 is 0.720 bits per heavy atom. The number of carbonyl (C=O) groups is 8. The maximum atomic E-state index is 14.3. The van der Waals surface area contributed by atoms with Crippen LogP contribution in [0.25, 0.3) is 0 Å². The molecule has 7 amide bonds. The Morgan fingerprint density at radius 3 is 2.03 bits per heavy atom. The smallest absolute Gasteiger partial charge is 0.327 e. The molecule has 5 aliphatic heterocycles. The standard InChI is InChI=1S/C71H104N14O17S5/c1-7-36-81-54-31-29-48(44-50(54)70(2,3)59(81)25-11-9-8-10-12-26-60-71(4,5)51-45-49(107(100,101)102)30-32-55(51)82(60)41-20-43-105(95,96)97)106(98,99)80(6)37-18-28-61(86)75-35-19-42-103-104-47-53(68(93)94)78-62(87)27-14-33-76-64(89)56-22-16-39-84(56)67(92)58-24-17-40-85(58)66(91)52(21-13-34-77-69(73)74)79-65(90)57-23-15-38-83(57)63(88)46-72/h8-12,25-26,29-32,44-45,52-53,56-58H,7,13-24,27-28,33-43,46-47,72H2,1-6H3,(H10-,73,74,75,76,77,78,79,86,87,89,90,93,94,95,96,97,100,101,102)/p+1/t52-,53-,56-,57-,58-/m0/s1. The summed E-state index contributed by atoms with van der Waals surface area (Å²) in [6.07, 6.45) is 18.1. The summed E-state index contributed by atoms with van der Waals surface area (Å²) in [4.78, 5) is 116. The van der Waals surface area contributed by atoms with Crippen LogP contribution in [0.3, 0.4) is 0 Å². The molecule has 13 N–H and O–H groups in total. The third-order valence-corrected chi connectivity index (χ3v) is 25.6. The molecule has 3 fully saturated rings. The number of guanidine groups is 1. The number of aliphatic imine (C=N–C) groups is 1. The second-order valence-electron chi connectivity index (χ2n) is 28.0. The Labute approximate surface area is 635 Å². The van der Waals surface area contributed by atoms with Gasteiger partial charge < -0.3 is 63.2 Å². The summed E-state index contributed by atoms with van der Waals surface area (Å²) in [7, 11) is -8.59. The highest BCUT2D eigenvalue weighted by Crippen LogP contribution is 2.49. The van der Waals surface area contributed by atoms with Crippen molar-refractivity contribution in [2.45, 2.75) is 182 Å². The average molecular weight is 1590 g/mol. The Hall–Kier alpha value is -7.71. The van der Waals surface area contributed by atoms with E-state index in [0.29, 0.717) is 88.0 Å². The van der Waals surface area contributed by atoms with Crippen LogP contribution in [0.4, 0.5) is 11.4 Å². The van der Waals surface area contributed by atoms with E-state index < -0.39 is 113 Å². The van der Waals surface area contributed by atoms with Crippen LogP contribution in [0.5, 0.6) is 0 Å². The fourth-order valence-corrected chi connectivity index (χ4v) is 18.6. The minimum Gasteiger partial charge on any atom is -0.480 e. The maximum Gasteiger partial charge on any atom is 0.327 e. The van der Waals surface area contributed by atoms with Crippen LogP contribution in [0.15, 0.2) is 99.4 Å². The molecule has 0 aromatic heterocycles. The lowest BCUT2D eigenvalue weighted by Gasteiger charge is -2.33. The van der Waals surface area contributed by atoms with E-state index in [0.717, 1.165) is 29.1 Å². The van der Waals surface area contributed by atoms with Gasteiger partial charge in [-0.2, -0.15) is 21.4 Å². The van der Waals surface area contributed by atoms with Crippen molar-refractivity contribution in [3.05, 3.63) is 95.8 Å². The highest BCUT2D eigenvalue weighted by Gasteiger charge is 2.47. The number of benzene rings is 2. The molecule has 0 spiro atoms. The monoisotopic (exact) mass is 1590 g/mol. The lowest BCUT2D eigenvalue weighted by Crippen LogP contribution is -2.58. The second-order valence-corrected chi connectivity index (χ2v) is 35.7. The highest BCUT2D eigenvalue weighted by molar-refractivity contribution is 8.76. The van der Waals surface area contributed by atoms with Gasteiger partial charge in [-0.3, -0.25) is 47.7 Å². The molecule has 3 saturated heterocycles. The van der Waals surface area contributed by atoms with E-state index in [9.17, 15) is 77.8 Å². The van der Waals surface area contributed by atoms with Crippen molar-refractivity contribution in [3.63, 3.8) is 0 Å². The number of aliphatic carboxylic acids is 1. The van der Waals surface area contributed by atoms with E-state index in [2.05, 4.69) is 37.8 Å². The van der Waals surface area contributed by atoms with Gasteiger partial charge in [0.1, 0.15) is 36.8 Å². The first-order chi connectivity index (χ1) is 50.5. The number of anilines is 1. The maximum absolute atomic E-state index is 14.3. The number of carboxylic acids is 1. The molecule has 5 atom stereocenters. The highest BCUT2D eigenvalue weighted by atomic mass is 33.1. The van der Waals surface area contributed by atoms with E-state index in [1.807, 2.05) is 75.1 Å². The summed E-state index contributed by atoms with van der Waals surface area (Å²) < 4.78 is 97.9. The Balaban J connectivity index is 0.795. The van der Waals surface area contributed by atoms with Crippen LogP contribution in [0, 0.1) is 0 Å². The lowest BCUT2D eigenvalue weighted by atomic mass is 9.81. The molecule has 0 aliphatic carbocycles. The summed E-state index contributed by atoms with van der Waals surface area (Å²) in [6, 6.07) is 4.63. The van der Waals surface area contributed by atoms with E-state index in [4.69, 9.17) is 17.2 Å². The third-order valence-electron chi connectivity index (χ3n) is 19.6. The summed E-state index contributed by atoms with van der Waals surface area (Å²) in [5, 5.41) is 20.9. The van der Waals surface area contributed by atoms with Crippen LogP contribution in [-0.2, 0) is 79.4 Å². The van der Waals surface area contributed by atoms with Crippen molar-refractivity contribution >= 4 is 122 Å². The summed E-state index contributed by atoms with van der Waals surface area (Å²) in [6.45, 7) is 12.1. The van der Waals surface area contributed by atoms with Crippen LogP contribution in [0.1, 0.15) is 142 Å². The Morgan fingerprint density at radius 2 is 1.36 bits per heavy atom. The molecule has 2 aromatic rings. The van der Waals surface area contributed by atoms with Gasteiger partial charge in [0.05, 0.1) is 27.5 Å². The molecule has 36 heteroatoms. The van der Waals surface area contributed by atoms with Crippen molar-refractivity contribution in [1.29, 1.82) is 0 Å². The number of rotatable bonds is 40. The first-order valence-electron chi connectivity index (χ1n) is 36.1. The number of sulfonamides is 1. The first-order valence-corrected chi connectivity index (χ1v) is 43.1. The van der Waals surface area contributed by atoms with Gasteiger partial charge in [-0.1, -0.05) is 72.7 Å². The molecule has 0 bridgehead atoms. The van der Waals surface area contributed by atoms with Gasteiger partial charge in [0.25, 0.3) is 20.2 Å². The predicted octanol–water partition coefficient (Wildman–Crippen LogP) is 3.57. The molecule has 5 heterocycles. The number of likely N-dealkylation sites (tertiary alicyclic amines) is 3. The van der Waals surface area contributed by atoms with Crippen molar-refractivity contribution in [3.8, 4) is 0 Å². The van der Waals surface area contributed by atoms with Gasteiger partial charge in [-0.25, -0.2) is 17.5 Å². The van der Waals surface area contributed by atoms with Crippen LogP contribution in [0.2, 0.25) is 0 Å². The summed E-state index contributed by atoms with van der Waals surface area (Å²) >= 11 is 0. The van der Waals surface area contributed by atoms with E-state index in [1.165, 1.54) is 59.8 Å². The predicted molar refractivity (Wildman–Crippen MR) is 411 cm³/mol. The van der Waals surface area contributed by atoms with Crippen LogP contribution >= 0.6 is 21.6 Å². The van der Waals surface area contributed by atoms with Crippen LogP contribution in [-0.4, -0.2) is 242 Å². The van der Waals surface area contributed by atoms with Gasteiger partial charge in [0, 0.05) is 125 Å². The van der Waals surface area contributed by atoms with E-state index >= 15 is 0 Å². The molecule has 31 nitrogen and oxygen atoms in total. The number of nitrogens with zero attached hydrogens (tertiary/aromatic N) is 7. The zero-order valence-electron chi connectivity index (χ0n) is 61.7. The van der Waals surface area contributed by atoms with Gasteiger partial charge >= 0.3 is 5.97 Å².